The van der Waals surface area contributed by atoms with Gasteiger partial charge in [0.15, 0.2) is 0 Å². The number of nitrogens with zero attached hydrogens (tertiary/aromatic N) is 3. The Morgan fingerprint density at radius 2 is 1.40 bits per heavy atom. The molecule has 2 aromatic carbocycles. The Balaban J connectivity index is 1.43. The SMILES string of the molecule is CCOC(=O)CC1CN(Cc2ccc(-c3ccc(C(O)(C(F)(F)F)C(F)(F)F)cc3)cc2)CCN1Cc1ccncc1. The van der Waals surface area contributed by atoms with E-state index in [0.29, 0.717) is 49.5 Å². The zero-order valence-electron chi connectivity index (χ0n) is 22.8. The number of hydrogen-bond acceptors (Lipinski definition) is 6. The third kappa shape index (κ3) is 7.11. The van der Waals surface area contributed by atoms with Crippen molar-refractivity contribution in [1.82, 2.24) is 14.8 Å². The number of rotatable bonds is 9. The van der Waals surface area contributed by atoms with Crippen LogP contribution in [0.3, 0.4) is 0 Å². The Morgan fingerprint density at radius 3 is 1.95 bits per heavy atom. The van der Waals surface area contributed by atoms with Crippen molar-refractivity contribution in [2.75, 3.05) is 26.2 Å². The van der Waals surface area contributed by atoms with E-state index in [2.05, 4.69) is 14.8 Å². The van der Waals surface area contributed by atoms with E-state index in [9.17, 15) is 36.2 Å². The van der Waals surface area contributed by atoms with Crippen LogP contribution < -0.4 is 0 Å². The summed E-state index contributed by atoms with van der Waals surface area (Å²) >= 11 is 0. The first-order chi connectivity index (χ1) is 19.8. The predicted octanol–water partition coefficient (Wildman–Crippen LogP) is 5.70. The minimum absolute atomic E-state index is 0.0595. The van der Waals surface area contributed by atoms with Gasteiger partial charge in [0.2, 0.25) is 0 Å². The van der Waals surface area contributed by atoms with Crippen molar-refractivity contribution in [3.63, 3.8) is 0 Å². The number of piperazine rings is 1. The maximum absolute atomic E-state index is 13.2. The van der Waals surface area contributed by atoms with Gasteiger partial charge in [-0.05, 0) is 41.3 Å². The Labute approximate surface area is 239 Å². The quantitative estimate of drug-likeness (QED) is 0.253. The van der Waals surface area contributed by atoms with Crippen LogP contribution in [0.4, 0.5) is 26.3 Å². The maximum Gasteiger partial charge on any atom is 0.430 e. The van der Waals surface area contributed by atoms with Gasteiger partial charge in [-0.3, -0.25) is 19.6 Å². The zero-order valence-corrected chi connectivity index (χ0v) is 22.8. The number of carbonyl (C=O) groups excluding carboxylic acids is 1. The molecule has 1 aromatic heterocycles. The van der Waals surface area contributed by atoms with Gasteiger partial charge in [-0.1, -0.05) is 48.5 Å². The van der Waals surface area contributed by atoms with Gasteiger partial charge in [0.25, 0.3) is 5.60 Å². The fourth-order valence-electron chi connectivity index (χ4n) is 5.09. The minimum atomic E-state index is -5.94. The Bertz CT molecular complexity index is 1300. The molecule has 1 fully saturated rings. The van der Waals surface area contributed by atoms with E-state index in [4.69, 9.17) is 4.74 Å². The zero-order chi connectivity index (χ0) is 30.5. The van der Waals surface area contributed by atoms with Crippen molar-refractivity contribution in [3.8, 4) is 11.1 Å². The van der Waals surface area contributed by atoms with Crippen molar-refractivity contribution in [3.05, 3.63) is 89.7 Å². The Kier molecular flexibility index (Phi) is 9.59. The monoisotopic (exact) mass is 595 g/mol. The molecule has 0 bridgehead atoms. The third-order valence-electron chi connectivity index (χ3n) is 7.35. The van der Waals surface area contributed by atoms with Crippen LogP contribution in [-0.2, 0) is 28.2 Å². The summed E-state index contributed by atoms with van der Waals surface area (Å²) in [4.78, 5) is 20.9. The summed E-state index contributed by atoms with van der Waals surface area (Å²) in [6, 6.07) is 14.5. The van der Waals surface area contributed by atoms with Crippen molar-refractivity contribution in [2.24, 2.45) is 0 Å². The molecule has 3 aromatic rings. The van der Waals surface area contributed by atoms with Crippen LogP contribution in [0.2, 0.25) is 0 Å². The molecule has 1 aliphatic heterocycles. The number of aliphatic hydroxyl groups is 1. The summed E-state index contributed by atoms with van der Waals surface area (Å²) in [5.74, 6) is -0.261. The van der Waals surface area contributed by atoms with Crippen LogP contribution in [0.5, 0.6) is 0 Å². The average Bonchev–Trinajstić information content (AvgIpc) is 2.94. The molecule has 1 aliphatic rings. The highest BCUT2D eigenvalue weighted by Crippen LogP contribution is 2.50. The molecule has 12 heteroatoms. The van der Waals surface area contributed by atoms with E-state index in [0.717, 1.165) is 36.3 Å². The number of carbonyl (C=O) groups is 1. The van der Waals surface area contributed by atoms with Crippen LogP contribution in [0.25, 0.3) is 11.1 Å². The molecule has 0 spiro atoms. The molecule has 4 rings (SSSR count). The minimum Gasteiger partial charge on any atom is -0.466 e. The van der Waals surface area contributed by atoms with Crippen LogP contribution in [0, 0.1) is 0 Å². The molecular formula is C30H31F6N3O3. The van der Waals surface area contributed by atoms with Gasteiger partial charge in [0.05, 0.1) is 13.0 Å². The number of halogens is 6. The highest BCUT2D eigenvalue weighted by Gasteiger charge is 2.71. The third-order valence-corrected chi connectivity index (χ3v) is 7.35. The van der Waals surface area contributed by atoms with Crippen molar-refractivity contribution in [1.29, 1.82) is 0 Å². The first-order valence-electron chi connectivity index (χ1n) is 13.4. The molecule has 0 radical (unpaired) electrons. The second-order valence-electron chi connectivity index (χ2n) is 10.2. The van der Waals surface area contributed by atoms with Gasteiger partial charge in [-0.25, -0.2) is 0 Å². The summed E-state index contributed by atoms with van der Waals surface area (Å²) in [5.41, 5.74) is -3.22. The largest absolute Gasteiger partial charge is 0.466 e. The van der Waals surface area contributed by atoms with Crippen LogP contribution in [0.1, 0.15) is 30.0 Å². The molecule has 1 unspecified atom stereocenters. The van der Waals surface area contributed by atoms with E-state index in [1.165, 1.54) is 0 Å². The maximum atomic E-state index is 13.2. The topological polar surface area (TPSA) is 65.9 Å². The number of alkyl halides is 6. The molecule has 0 saturated carbocycles. The highest BCUT2D eigenvalue weighted by molar-refractivity contribution is 5.70. The lowest BCUT2D eigenvalue weighted by atomic mass is 9.90. The van der Waals surface area contributed by atoms with E-state index >= 15 is 0 Å². The molecule has 0 aliphatic carbocycles. The molecule has 2 heterocycles. The fourth-order valence-corrected chi connectivity index (χ4v) is 5.09. The van der Waals surface area contributed by atoms with E-state index < -0.39 is 23.5 Å². The molecule has 1 saturated heterocycles. The number of pyridine rings is 1. The van der Waals surface area contributed by atoms with Crippen LogP contribution in [0.15, 0.2) is 73.1 Å². The summed E-state index contributed by atoms with van der Waals surface area (Å²) < 4.78 is 84.3. The van der Waals surface area contributed by atoms with Gasteiger partial charge in [0, 0.05) is 56.7 Å². The number of benzene rings is 2. The molecular weight excluding hydrogens is 564 g/mol. The first-order valence-corrected chi connectivity index (χ1v) is 13.4. The predicted molar refractivity (Wildman–Crippen MR) is 143 cm³/mol. The summed E-state index contributed by atoms with van der Waals surface area (Å²) in [6.45, 7) is 5.47. The smallest absolute Gasteiger partial charge is 0.430 e. The molecule has 0 amide bonds. The van der Waals surface area contributed by atoms with Gasteiger partial charge >= 0.3 is 18.3 Å². The lowest BCUT2D eigenvalue weighted by molar-refractivity contribution is -0.376. The normalized spacial score (nSPS) is 17.3. The van der Waals surface area contributed by atoms with E-state index in [-0.39, 0.29) is 18.4 Å². The molecule has 226 valence electrons. The number of hydrogen-bond donors (Lipinski definition) is 1. The second kappa shape index (κ2) is 12.8. The first kappa shape index (κ1) is 31.5. The number of esters is 1. The Morgan fingerprint density at radius 1 is 0.857 bits per heavy atom. The fraction of sp³-hybridized carbons (Fsp3) is 0.400. The van der Waals surface area contributed by atoms with Gasteiger partial charge in [-0.15, -0.1) is 0 Å². The summed E-state index contributed by atoms with van der Waals surface area (Å²) in [7, 11) is 0. The molecule has 42 heavy (non-hydrogen) atoms. The van der Waals surface area contributed by atoms with Crippen molar-refractivity contribution < 1.29 is 41.0 Å². The number of aromatic nitrogens is 1. The Hall–Kier alpha value is -3.48. The van der Waals surface area contributed by atoms with Crippen molar-refractivity contribution >= 4 is 5.97 Å². The molecule has 1 N–H and O–H groups in total. The summed E-state index contributed by atoms with van der Waals surface area (Å²) in [6.07, 6.45) is -8.16. The van der Waals surface area contributed by atoms with Crippen LogP contribution >= 0.6 is 0 Å². The highest BCUT2D eigenvalue weighted by atomic mass is 19.4. The van der Waals surface area contributed by atoms with E-state index in [1.54, 1.807) is 31.5 Å². The summed E-state index contributed by atoms with van der Waals surface area (Å²) in [5, 5.41) is 9.61. The van der Waals surface area contributed by atoms with E-state index in [1.807, 2.05) is 24.3 Å². The van der Waals surface area contributed by atoms with Crippen LogP contribution in [-0.4, -0.2) is 70.5 Å². The standard InChI is InChI=1S/C30H31F6N3O3/c1-2-42-27(40)17-26-20-38(15-16-39(26)19-22-11-13-37-14-12-22)18-21-3-5-23(6-4-21)24-7-9-25(10-8-24)28(41,29(31,32)33)30(34,35)36/h3-14,26,41H,2,15-20H2,1H3. The second-order valence-corrected chi connectivity index (χ2v) is 10.2. The van der Waals surface area contributed by atoms with Crippen molar-refractivity contribution in [2.45, 2.75) is 50.4 Å². The van der Waals surface area contributed by atoms with Gasteiger partial charge in [0.1, 0.15) is 0 Å². The molecule has 1 atom stereocenters. The van der Waals surface area contributed by atoms with Gasteiger partial charge < -0.3 is 9.84 Å². The lowest BCUT2D eigenvalue weighted by Gasteiger charge is -2.41. The number of ether oxygens (including phenoxy) is 1. The lowest BCUT2D eigenvalue weighted by Crippen LogP contribution is -2.53. The average molecular weight is 596 g/mol. The molecule has 6 nitrogen and oxygen atoms in total. The van der Waals surface area contributed by atoms with Gasteiger partial charge in [-0.2, -0.15) is 26.3 Å².